The smallest absolute Gasteiger partial charge is 0.333 e. The summed E-state index contributed by atoms with van der Waals surface area (Å²) in [5, 5.41) is 0. The Morgan fingerprint density at radius 1 is 1.23 bits per heavy atom. The van der Waals surface area contributed by atoms with Gasteiger partial charge in [-0.05, 0) is 31.0 Å². The highest BCUT2D eigenvalue weighted by Crippen LogP contribution is 2.59. The number of benzene rings is 1. The van der Waals surface area contributed by atoms with Crippen molar-refractivity contribution in [1.29, 1.82) is 0 Å². The molecule has 6 atom stereocenters. The molecule has 166 valence electrons. The van der Waals surface area contributed by atoms with Gasteiger partial charge in [-0.25, -0.2) is 4.79 Å². The molecule has 0 spiro atoms. The van der Waals surface area contributed by atoms with Crippen molar-refractivity contribution in [2.75, 3.05) is 6.61 Å². The molecular weight excluding hydrogens is 428 g/mol. The zero-order chi connectivity index (χ0) is 22.5. The van der Waals surface area contributed by atoms with Crippen molar-refractivity contribution in [3.8, 4) is 0 Å². The summed E-state index contributed by atoms with van der Waals surface area (Å²) in [7, 11) is -4.27. The standard InChI is InChI=1S/C21H22O9S/c1-10(2)19(22)29-17-13-9-14-16(21(24)30-18(14)17)15(13)20(23)28-8-7-11-3-5-12(6-4-11)31(25,26)27/h3-6,13-18H,1,7-9H2,2H3,(H,25,26,27). The van der Waals surface area contributed by atoms with Gasteiger partial charge in [-0.3, -0.25) is 14.1 Å². The molecule has 1 aliphatic heterocycles. The number of ether oxygens (including phenoxy) is 3. The molecule has 1 heterocycles. The second kappa shape index (κ2) is 7.76. The van der Waals surface area contributed by atoms with Crippen molar-refractivity contribution < 1.29 is 41.6 Å². The lowest BCUT2D eigenvalue weighted by Crippen LogP contribution is -2.43. The summed E-state index contributed by atoms with van der Waals surface area (Å²) < 4.78 is 47.5. The molecule has 0 amide bonds. The van der Waals surface area contributed by atoms with E-state index < -0.39 is 52.1 Å². The van der Waals surface area contributed by atoms with E-state index in [1.807, 2.05) is 0 Å². The van der Waals surface area contributed by atoms with Gasteiger partial charge >= 0.3 is 17.9 Å². The number of hydrogen-bond donors (Lipinski definition) is 1. The Kier molecular flexibility index (Phi) is 5.38. The van der Waals surface area contributed by atoms with Crippen molar-refractivity contribution in [3.05, 3.63) is 42.0 Å². The lowest BCUT2D eigenvalue weighted by molar-refractivity contribution is -0.162. The topological polar surface area (TPSA) is 133 Å². The number of rotatable bonds is 7. The largest absolute Gasteiger partial charge is 0.465 e. The van der Waals surface area contributed by atoms with Crippen LogP contribution in [-0.2, 0) is 45.1 Å². The van der Waals surface area contributed by atoms with Gasteiger partial charge in [0.05, 0.1) is 23.3 Å². The number of carbonyl (C=O) groups excluding carboxylic acids is 3. The average Bonchev–Trinajstić information content (AvgIpc) is 3.31. The normalized spacial score (nSPS) is 30.7. The highest BCUT2D eigenvalue weighted by atomic mass is 32.2. The Bertz CT molecular complexity index is 1040. The van der Waals surface area contributed by atoms with Crippen LogP contribution < -0.4 is 0 Å². The molecule has 2 aliphatic carbocycles. The Hall–Kier alpha value is -2.72. The molecule has 10 heteroatoms. The number of carbonyl (C=O) groups is 3. The second-order valence-corrected chi connectivity index (χ2v) is 9.62. The molecule has 2 saturated carbocycles. The van der Waals surface area contributed by atoms with E-state index in [9.17, 15) is 22.8 Å². The van der Waals surface area contributed by atoms with Crippen LogP contribution in [0.1, 0.15) is 18.9 Å². The molecule has 2 bridgehead atoms. The molecule has 1 aromatic rings. The molecule has 4 rings (SSSR count). The summed E-state index contributed by atoms with van der Waals surface area (Å²) in [4.78, 5) is 36.9. The predicted octanol–water partition coefficient (Wildman–Crippen LogP) is 1.31. The molecule has 1 saturated heterocycles. The van der Waals surface area contributed by atoms with Crippen LogP contribution in [0, 0.1) is 23.7 Å². The fraction of sp³-hybridized carbons (Fsp3) is 0.476. The maximum atomic E-state index is 12.8. The van der Waals surface area contributed by atoms with Crippen LogP contribution in [0.4, 0.5) is 0 Å². The van der Waals surface area contributed by atoms with E-state index in [-0.39, 0.29) is 28.9 Å². The predicted molar refractivity (Wildman–Crippen MR) is 104 cm³/mol. The van der Waals surface area contributed by atoms with E-state index in [0.29, 0.717) is 18.4 Å². The van der Waals surface area contributed by atoms with Crippen LogP contribution >= 0.6 is 0 Å². The molecule has 0 radical (unpaired) electrons. The third-order valence-corrected chi connectivity index (χ3v) is 7.13. The maximum absolute atomic E-state index is 12.8. The minimum atomic E-state index is -4.27. The Morgan fingerprint density at radius 2 is 1.90 bits per heavy atom. The first-order valence-electron chi connectivity index (χ1n) is 9.88. The first-order valence-corrected chi connectivity index (χ1v) is 11.3. The van der Waals surface area contributed by atoms with Gasteiger partial charge in [-0.1, -0.05) is 18.7 Å². The third kappa shape index (κ3) is 3.85. The molecular formula is C21H22O9S. The van der Waals surface area contributed by atoms with Crippen molar-refractivity contribution in [1.82, 2.24) is 0 Å². The van der Waals surface area contributed by atoms with Crippen LogP contribution in [-0.4, -0.2) is 49.7 Å². The highest BCUT2D eigenvalue weighted by molar-refractivity contribution is 7.85. The molecule has 3 aliphatic rings. The Labute approximate surface area is 179 Å². The summed E-state index contributed by atoms with van der Waals surface area (Å²) >= 11 is 0. The third-order valence-electron chi connectivity index (χ3n) is 6.27. The number of esters is 3. The van der Waals surface area contributed by atoms with Gasteiger partial charge in [-0.2, -0.15) is 8.42 Å². The zero-order valence-electron chi connectivity index (χ0n) is 16.7. The fourth-order valence-corrected chi connectivity index (χ4v) is 5.37. The summed E-state index contributed by atoms with van der Waals surface area (Å²) in [6.45, 7) is 5.10. The zero-order valence-corrected chi connectivity index (χ0v) is 17.5. The summed E-state index contributed by atoms with van der Waals surface area (Å²) in [5.41, 5.74) is 0.935. The molecule has 1 aromatic carbocycles. The molecule has 0 aromatic heterocycles. The number of fused-ring (bicyclic) bond motifs is 1. The monoisotopic (exact) mass is 450 g/mol. The van der Waals surface area contributed by atoms with Crippen molar-refractivity contribution >= 4 is 28.0 Å². The van der Waals surface area contributed by atoms with E-state index in [2.05, 4.69) is 6.58 Å². The maximum Gasteiger partial charge on any atom is 0.333 e. The minimum absolute atomic E-state index is 0.0271. The molecule has 3 fully saturated rings. The lowest BCUT2D eigenvalue weighted by atomic mass is 9.78. The van der Waals surface area contributed by atoms with Gasteiger partial charge in [0.25, 0.3) is 10.1 Å². The van der Waals surface area contributed by atoms with E-state index in [4.69, 9.17) is 18.8 Å². The van der Waals surface area contributed by atoms with Crippen LogP contribution in [0.25, 0.3) is 0 Å². The lowest BCUT2D eigenvalue weighted by Gasteiger charge is -2.30. The van der Waals surface area contributed by atoms with E-state index in [1.165, 1.54) is 31.2 Å². The molecule has 6 unspecified atom stereocenters. The van der Waals surface area contributed by atoms with Gasteiger partial charge in [0.15, 0.2) is 0 Å². The Morgan fingerprint density at radius 3 is 2.52 bits per heavy atom. The van der Waals surface area contributed by atoms with Gasteiger partial charge in [0.2, 0.25) is 0 Å². The average molecular weight is 450 g/mol. The van der Waals surface area contributed by atoms with Crippen LogP contribution in [0.15, 0.2) is 41.3 Å². The summed E-state index contributed by atoms with van der Waals surface area (Å²) in [6, 6.07) is 5.55. The molecule has 31 heavy (non-hydrogen) atoms. The minimum Gasteiger partial charge on any atom is -0.465 e. The van der Waals surface area contributed by atoms with Gasteiger partial charge < -0.3 is 14.2 Å². The highest BCUT2D eigenvalue weighted by Gasteiger charge is 2.70. The van der Waals surface area contributed by atoms with Gasteiger partial charge in [0, 0.05) is 23.8 Å². The molecule has 1 N–H and O–H groups in total. The van der Waals surface area contributed by atoms with Crippen molar-refractivity contribution in [2.45, 2.75) is 36.9 Å². The van der Waals surface area contributed by atoms with Crippen LogP contribution in [0.2, 0.25) is 0 Å². The van der Waals surface area contributed by atoms with Crippen molar-refractivity contribution in [3.63, 3.8) is 0 Å². The quantitative estimate of drug-likeness (QED) is 0.282. The molecule has 9 nitrogen and oxygen atoms in total. The SMILES string of the molecule is C=C(C)C(=O)OC1C2CC3C1OC(=O)C3C2C(=O)OCCc1ccc(S(=O)(=O)O)cc1. The van der Waals surface area contributed by atoms with E-state index in [0.717, 1.165) is 0 Å². The van der Waals surface area contributed by atoms with E-state index >= 15 is 0 Å². The fourth-order valence-electron chi connectivity index (χ4n) is 4.89. The summed E-state index contributed by atoms with van der Waals surface area (Å²) in [5.74, 6) is -3.44. The van der Waals surface area contributed by atoms with Crippen LogP contribution in [0.5, 0.6) is 0 Å². The van der Waals surface area contributed by atoms with E-state index in [1.54, 1.807) is 0 Å². The summed E-state index contributed by atoms with van der Waals surface area (Å²) in [6.07, 6.45) is -0.352. The van der Waals surface area contributed by atoms with Gasteiger partial charge in [0.1, 0.15) is 12.2 Å². The first kappa shape index (κ1) is 21.5. The first-order chi connectivity index (χ1) is 14.6. The number of hydrogen-bond acceptors (Lipinski definition) is 8. The van der Waals surface area contributed by atoms with Gasteiger partial charge in [-0.15, -0.1) is 0 Å². The second-order valence-electron chi connectivity index (χ2n) is 8.20. The van der Waals surface area contributed by atoms with Crippen molar-refractivity contribution in [2.24, 2.45) is 23.7 Å². The Balaban J connectivity index is 1.39. The van der Waals surface area contributed by atoms with Crippen LogP contribution in [0.3, 0.4) is 0 Å².